The molecular weight excluding hydrogens is 256 g/mol. The number of rotatable bonds is 5. The van der Waals surface area contributed by atoms with E-state index in [1.54, 1.807) is 0 Å². The Labute approximate surface area is 120 Å². The van der Waals surface area contributed by atoms with Crippen molar-refractivity contribution in [3.05, 3.63) is 17.5 Å². The molecule has 0 N–H and O–H groups in total. The van der Waals surface area contributed by atoms with Crippen molar-refractivity contribution >= 4 is 5.91 Å². The maximum atomic E-state index is 12.5. The summed E-state index contributed by atoms with van der Waals surface area (Å²) in [4.78, 5) is 14.5. The van der Waals surface area contributed by atoms with Crippen molar-refractivity contribution in [3.8, 4) is 0 Å². The lowest BCUT2D eigenvalue weighted by Crippen LogP contribution is -2.47. The molecule has 1 amide bonds. The van der Waals surface area contributed by atoms with Crippen molar-refractivity contribution in [2.75, 3.05) is 13.2 Å². The summed E-state index contributed by atoms with van der Waals surface area (Å²) >= 11 is 0. The van der Waals surface area contributed by atoms with E-state index < -0.39 is 0 Å². The van der Waals surface area contributed by atoms with Crippen molar-refractivity contribution in [3.63, 3.8) is 0 Å². The normalized spacial score (nSPS) is 16.6. The van der Waals surface area contributed by atoms with Gasteiger partial charge in [-0.1, -0.05) is 5.16 Å². The van der Waals surface area contributed by atoms with Gasteiger partial charge in [0.05, 0.1) is 5.69 Å². The molecule has 0 aliphatic carbocycles. The SMILES string of the molecule is Cc1cc(CCC(=O)N(C(C)C)C2CCOCC2)on1. The van der Waals surface area contributed by atoms with Crippen molar-refractivity contribution in [2.45, 2.75) is 58.5 Å². The molecule has 1 fully saturated rings. The van der Waals surface area contributed by atoms with Gasteiger partial charge in [-0.3, -0.25) is 4.79 Å². The van der Waals surface area contributed by atoms with Gasteiger partial charge in [0, 0.05) is 44.2 Å². The molecule has 1 aliphatic heterocycles. The quantitative estimate of drug-likeness (QED) is 0.830. The lowest BCUT2D eigenvalue weighted by atomic mass is 10.0. The molecular formula is C15H24N2O3. The summed E-state index contributed by atoms with van der Waals surface area (Å²) in [5, 5.41) is 3.85. The zero-order valence-electron chi connectivity index (χ0n) is 12.6. The van der Waals surface area contributed by atoms with Gasteiger partial charge in [0.25, 0.3) is 0 Å². The standard InChI is InChI=1S/C15H24N2O3/c1-11(2)17(13-6-8-19-9-7-13)15(18)5-4-14-10-12(3)16-20-14/h10-11,13H,4-9H2,1-3H3. The largest absolute Gasteiger partial charge is 0.381 e. The van der Waals surface area contributed by atoms with Crippen LogP contribution >= 0.6 is 0 Å². The topological polar surface area (TPSA) is 55.6 Å². The second-order valence-electron chi connectivity index (χ2n) is 5.67. The lowest BCUT2D eigenvalue weighted by molar-refractivity contribution is -0.137. The zero-order chi connectivity index (χ0) is 14.5. The molecule has 2 rings (SSSR count). The minimum Gasteiger partial charge on any atom is -0.381 e. The highest BCUT2D eigenvalue weighted by molar-refractivity contribution is 5.77. The molecule has 5 heteroatoms. The summed E-state index contributed by atoms with van der Waals surface area (Å²) in [6, 6.07) is 2.43. The van der Waals surface area contributed by atoms with E-state index >= 15 is 0 Å². The maximum Gasteiger partial charge on any atom is 0.223 e. The van der Waals surface area contributed by atoms with Gasteiger partial charge in [-0.25, -0.2) is 0 Å². The van der Waals surface area contributed by atoms with Gasteiger partial charge in [0.2, 0.25) is 5.91 Å². The summed E-state index contributed by atoms with van der Waals surface area (Å²) in [6.07, 6.45) is 2.97. The first-order chi connectivity index (χ1) is 9.58. The third-order valence-corrected chi connectivity index (χ3v) is 3.69. The average molecular weight is 280 g/mol. The molecule has 0 aromatic carbocycles. The third kappa shape index (κ3) is 3.82. The van der Waals surface area contributed by atoms with Crippen LogP contribution in [0.5, 0.6) is 0 Å². The molecule has 0 spiro atoms. The minimum absolute atomic E-state index is 0.195. The van der Waals surface area contributed by atoms with Crippen LogP contribution in [0.1, 0.15) is 44.6 Å². The Balaban J connectivity index is 1.92. The van der Waals surface area contributed by atoms with E-state index in [-0.39, 0.29) is 11.9 Å². The Kier molecular flexibility index (Phi) is 5.17. The fourth-order valence-corrected chi connectivity index (χ4v) is 2.77. The van der Waals surface area contributed by atoms with Crippen molar-refractivity contribution in [2.24, 2.45) is 0 Å². The summed E-state index contributed by atoms with van der Waals surface area (Å²) in [5.41, 5.74) is 0.859. The van der Waals surface area contributed by atoms with Gasteiger partial charge in [-0.15, -0.1) is 0 Å². The Morgan fingerprint density at radius 3 is 2.70 bits per heavy atom. The highest BCUT2D eigenvalue weighted by Crippen LogP contribution is 2.19. The summed E-state index contributed by atoms with van der Waals surface area (Å²) in [6.45, 7) is 7.54. The molecule has 1 saturated heterocycles. The Morgan fingerprint density at radius 2 is 2.15 bits per heavy atom. The van der Waals surface area contributed by atoms with Crippen LogP contribution in [0.2, 0.25) is 0 Å². The number of amides is 1. The van der Waals surface area contributed by atoms with Crippen LogP contribution in [0.15, 0.2) is 10.6 Å². The summed E-state index contributed by atoms with van der Waals surface area (Å²) in [7, 11) is 0. The van der Waals surface area contributed by atoms with Crippen molar-refractivity contribution in [1.29, 1.82) is 0 Å². The minimum atomic E-state index is 0.195. The molecule has 0 unspecified atom stereocenters. The van der Waals surface area contributed by atoms with Crippen LogP contribution in [0.25, 0.3) is 0 Å². The molecule has 0 radical (unpaired) electrons. The van der Waals surface area contributed by atoms with Crippen molar-refractivity contribution < 1.29 is 14.1 Å². The predicted octanol–water partition coefficient (Wildman–Crippen LogP) is 2.33. The number of carbonyl (C=O) groups excluding carboxylic acids is 1. The smallest absolute Gasteiger partial charge is 0.223 e. The monoisotopic (exact) mass is 280 g/mol. The molecule has 2 heterocycles. The number of hydrogen-bond acceptors (Lipinski definition) is 4. The fourth-order valence-electron chi connectivity index (χ4n) is 2.77. The number of nitrogens with zero attached hydrogens (tertiary/aromatic N) is 2. The average Bonchev–Trinajstić information content (AvgIpc) is 2.83. The van der Waals surface area contributed by atoms with Gasteiger partial charge >= 0.3 is 0 Å². The maximum absolute atomic E-state index is 12.5. The van der Waals surface area contributed by atoms with Crippen LogP contribution in [0.3, 0.4) is 0 Å². The molecule has 1 aliphatic rings. The van der Waals surface area contributed by atoms with Crippen LogP contribution < -0.4 is 0 Å². The fraction of sp³-hybridized carbons (Fsp3) is 0.733. The van der Waals surface area contributed by atoms with Crippen LogP contribution in [-0.2, 0) is 16.0 Å². The highest BCUT2D eigenvalue weighted by atomic mass is 16.5. The van der Waals surface area contributed by atoms with Gasteiger partial charge in [0.1, 0.15) is 5.76 Å². The van der Waals surface area contributed by atoms with Gasteiger partial charge < -0.3 is 14.2 Å². The molecule has 112 valence electrons. The predicted molar refractivity (Wildman–Crippen MR) is 75.4 cm³/mol. The second-order valence-corrected chi connectivity index (χ2v) is 5.67. The van der Waals surface area contributed by atoms with Crippen molar-refractivity contribution in [1.82, 2.24) is 10.1 Å². The van der Waals surface area contributed by atoms with Crippen LogP contribution in [0.4, 0.5) is 0 Å². The van der Waals surface area contributed by atoms with Crippen LogP contribution in [0, 0.1) is 6.92 Å². The third-order valence-electron chi connectivity index (χ3n) is 3.69. The Morgan fingerprint density at radius 1 is 1.45 bits per heavy atom. The number of hydrogen-bond donors (Lipinski definition) is 0. The van der Waals surface area contributed by atoms with E-state index in [1.807, 2.05) is 17.9 Å². The summed E-state index contributed by atoms with van der Waals surface area (Å²) < 4.78 is 10.5. The molecule has 20 heavy (non-hydrogen) atoms. The van der Waals surface area contributed by atoms with Gasteiger partial charge in [-0.05, 0) is 33.6 Å². The molecule has 0 atom stereocenters. The van der Waals surface area contributed by atoms with Gasteiger partial charge in [-0.2, -0.15) is 0 Å². The van der Waals surface area contributed by atoms with E-state index in [2.05, 4.69) is 19.0 Å². The van der Waals surface area contributed by atoms with Gasteiger partial charge in [0.15, 0.2) is 0 Å². The zero-order valence-corrected chi connectivity index (χ0v) is 12.6. The first-order valence-corrected chi connectivity index (χ1v) is 7.39. The van der Waals surface area contributed by atoms with E-state index in [0.717, 1.165) is 37.5 Å². The number of aryl methyl sites for hydroxylation is 2. The second kappa shape index (κ2) is 6.88. The Hall–Kier alpha value is -1.36. The highest BCUT2D eigenvalue weighted by Gasteiger charge is 2.27. The van der Waals surface area contributed by atoms with E-state index in [9.17, 15) is 4.79 Å². The lowest BCUT2D eigenvalue weighted by Gasteiger charge is -2.37. The van der Waals surface area contributed by atoms with E-state index in [4.69, 9.17) is 9.26 Å². The molecule has 1 aromatic heterocycles. The number of ether oxygens (including phenoxy) is 1. The first kappa shape index (κ1) is 15.0. The van der Waals surface area contributed by atoms with E-state index in [1.165, 1.54) is 0 Å². The Bertz CT molecular complexity index is 436. The number of carbonyl (C=O) groups is 1. The van der Waals surface area contributed by atoms with E-state index in [0.29, 0.717) is 18.9 Å². The number of aromatic nitrogens is 1. The molecule has 5 nitrogen and oxygen atoms in total. The first-order valence-electron chi connectivity index (χ1n) is 7.39. The molecule has 0 bridgehead atoms. The molecule has 1 aromatic rings. The molecule has 0 saturated carbocycles. The summed E-state index contributed by atoms with van der Waals surface area (Å²) in [5.74, 6) is 0.979. The van der Waals surface area contributed by atoms with Crippen LogP contribution in [-0.4, -0.2) is 41.3 Å².